The van der Waals surface area contributed by atoms with Crippen LogP contribution in [-0.4, -0.2) is 99.3 Å². The third-order valence-corrected chi connectivity index (χ3v) is 9.88. The molecule has 2 aliphatic rings. The molecule has 2 N–H and O–H groups in total. The van der Waals surface area contributed by atoms with E-state index in [0.29, 0.717) is 37.0 Å². The summed E-state index contributed by atoms with van der Waals surface area (Å²) in [6.45, 7) is 13.0. The number of unbranched alkanes of at least 4 members (excludes halogenated alkanes) is 3. The van der Waals surface area contributed by atoms with Crippen LogP contribution in [0.1, 0.15) is 106 Å². The third kappa shape index (κ3) is 14.4. The van der Waals surface area contributed by atoms with E-state index in [1.165, 1.54) is 6.42 Å². The van der Waals surface area contributed by atoms with Crippen molar-refractivity contribution in [1.29, 1.82) is 0 Å². The van der Waals surface area contributed by atoms with Gasteiger partial charge in [0.2, 0.25) is 11.8 Å². The Morgan fingerprint density at radius 2 is 1.50 bits per heavy atom. The van der Waals surface area contributed by atoms with Gasteiger partial charge < -0.3 is 24.5 Å². The monoisotopic (exact) mass is 636 g/mol. The fourth-order valence-electron chi connectivity index (χ4n) is 5.48. The minimum Gasteiger partial charge on any atom is -0.391 e. The van der Waals surface area contributed by atoms with Crippen molar-refractivity contribution in [2.75, 3.05) is 32.1 Å². The number of hydrogen-bond donors (Lipinski definition) is 2. The summed E-state index contributed by atoms with van der Waals surface area (Å²) in [5.41, 5.74) is 0. The summed E-state index contributed by atoms with van der Waals surface area (Å²) in [6, 6.07) is -0.735. The Morgan fingerprint density at radius 1 is 0.881 bits per heavy atom. The molecule has 10 nitrogen and oxygen atoms in total. The SMILES string of the molecule is CC(C)CCCCCCC(=O)N1C[C@H](O)C[C@H]1COP(=O)(O)O[C@@H]1C[C@@H](COC(C)C)N(C(=O)CCCSC(C)C)C1. The molecule has 42 heavy (non-hydrogen) atoms. The number of hydrogen-bond acceptors (Lipinski definition) is 8. The van der Waals surface area contributed by atoms with Crippen LogP contribution in [0.25, 0.3) is 0 Å². The van der Waals surface area contributed by atoms with Gasteiger partial charge in [0.05, 0.1) is 43.6 Å². The van der Waals surface area contributed by atoms with Crippen molar-refractivity contribution >= 4 is 31.4 Å². The quantitative estimate of drug-likeness (QED) is 0.134. The zero-order valence-corrected chi connectivity index (χ0v) is 28.5. The molecule has 0 radical (unpaired) electrons. The van der Waals surface area contributed by atoms with Crippen molar-refractivity contribution in [3.05, 3.63) is 0 Å². The van der Waals surface area contributed by atoms with Crippen LogP contribution < -0.4 is 0 Å². The molecule has 246 valence electrons. The lowest BCUT2D eigenvalue weighted by molar-refractivity contribution is -0.134. The number of phosphoric acid groups is 1. The smallest absolute Gasteiger partial charge is 0.391 e. The van der Waals surface area contributed by atoms with E-state index < -0.39 is 26.1 Å². The van der Waals surface area contributed by atoms with Gasteiger partial charge >= 0.3 is 7.82 Å². The van der Waals surface area contributed by atoms with Crippen LogP contribution in [0.4, 0.5) is 0 Å². The number of nitrogens with zero attached hydrogens (tertiary/aromatic N) is 2. The number of carbonyl (C=O) groups excluding carboxylic acids is 2. The van der Waals surface area contributed by atoms with Crippen molar-refractivity contribution < 1.29 is 37.9 Å². The van der Waals surface area contributed by atoms with Crippen LogP contribution in [0, 0.1) is 5.92 Å². The molecule has 2 aliphatic heterocycles. The highest BCUT2D eigenvalue weighted by Crippen LogP contribution is 2.47. The maximum absolute atomic E-state index is 13.0. The number of rotatable bonds is 20. The minimum atomic E-state index is -4.47. The second kappa shape index (κ2) is 19.0. The van der Waals surface area contributed by atoms with Gasteiger partial charge in [-0.05, 0) is 56.5 Å². The number of amides is 2. The van der Waals surface area contributed by atoms with E-state index in [-0.39, 0.29) is 50.1 Å². The van der Waals surface area contributed by atoms with E-state index >= 15 is 0 Å². The molecule has 0 aromatic heterocycles. The summed E-state index contributed by atoms with van der Waals surface area (Å²) in [7, 11) is -4.47. The second-order valence-corrected chi connectivity index (χ2v) is 15.9. The van der Waals surface area contributed by atoms with Crippen LogP contribution >= 0.6 is 19.6 Å². The van der Waals surface area contributed by atoms with Gasteiger partial charge in [-0.25, -0.2) is 4.57 Å². The number of likely N-dealkylation sites (tertiary alicyclic amines) is 2. The molecule has 2 saturated heterocycles. The van der Waals surface area contributed by atoms with E-state index in [4.69, 9.17) is 13.8 Å². The number of aliphatic hydroxyl groups is 1. The number of thioether (sulfide) groups is 1. The summed E-state index contributed by atoms with van der Waals surface area (Å²) >= 11 is 1.82. The van der Waals surface area contributed by atoms with Gasteiger partial charge in [-0.2, -0.15) is 11.8 Å². The fourth-order valence-corrected chi connectivity index (χ4v) is 7.22. The topological polar surface area (TPSA) is 126 Å². The fraction of sp³-hybridized carbons (Fsp3) is 0.933. The Bertz CT molecular complexity index is 861. The van der Waals surface area contributed by atoms with Crippen molar-refractivity contribution in [2.24, 2.45) is 5.92 Å². The summed E-state index contributed by atoms with van der Waals surface area (Å²) in [6.07, 6.45) is 6.07. The number of β-amino-alcohol motifs (C(OH)–C–C–N with tert-alkyl or cyclic N) is 1. The summed E-state index contributed by atoms with van der Waals surface area (Å²) in [4.78, 5) is 39.7. The highest BCUT2D eigenvalue weighted by molar-refractivity contribution is 7.99. The summed E-state index contributed by atoms with van der Waals surface area (Å²) in [5.74, 6) is 1.51. The third-order valence-electron chi connectivity index (χ3n) is 7.65. The largest absolute Gasteiger partial charge is 0.472 e. The van der Waals surface area contributed by atoms with Gasteiger partial charge in [-0.15, -0.1) is 0 Å². The van der Waals surface area contributed by atoms with Gasteiger partial charge in [-0.1, -0.05) is 53.4 Å². The minimum absolute atomic E-state index is 0.00562. The standard InChI is InChI=1S/C30H57N2O8PS/c1-22(2)12-9-7-8-10-13-29(34)31-18-27(33)16-25(31)21-39-41(36,37)40-28-17-26(20-38-23(3)4)32(19-28)30(35)14-11-15-42-24(5)6/h22-28,33H,7-21H2,1-6H3,(H,36,37)/t25-,26-,27+,28+/m0/s1. The van der Waals surface area contributed by atoms with Crippen LogP contribution in [0.2, 0.25) is 0 Å². The molecular formula is C30H57N2O8PS. The van der Waals surface area contributed by atoms with E-state index in [2.05, 4.69) is 27.7 Å². The molecule has 2 fully saturated rings. The number of carbonyl (C=O) groups is 2. The first-order valence-corrected chi connectivity index (χ1v) is 18.5. The van der Waals surface area contributed by atoms with Crippen LogP contribution in [0.15, 0.2) is 0 Å². The first-order chi connectivity index (χ1) is 19.8. The highest BCUT2D eigenvalue weighted by Gasteiger charge is 2.41. The predicted octanol–water partition coefficient (Wildman–Crippen LogP) is 5.39. The summed E-state index contributed by atoms with van der Waals surface area (Å²) in [5, 5.41) is 10.7. The maximum Gasteiger partial charge on any atom is 0.472 e. The zero-order chi connectivity index (χ0) is 31.3. The van der Waals surface area contributed by atoms with Crippen molar-refractivity contribution in [1.82, 2.24) is 9.80 Å². The highest BCUT2D eigenvalue weighted by atomic mass is 32.2. The van der Waals surface area contributed by atoms with Gasteiger partial charge in [0, 0.05) is 25.9 Å². The Kier molecular flexibility index (Phi) is 16.9. The lowest BCUT2D eigenvalue weighted by Gasteiger charge is -2.26. The molecule has 0 aliphatic carbocycles. The second-order valence-electron chi connectivity index (χ2n) is 12.8. The van der Waals surface area contributed by atoms with Crippen LogP contribution in [0.5, 0.6) is 0 Å². The number of ether oxygens (including phenoxy) is 1. The van der Waals surface area contributed by atoms with E-state index in [1.807, 2.05) is 25.6 Å². The molecule has 2 amide bonds. The van der Waals surface area contributed by atoms with Gasteiger partial charge in [-0.3, -0.25) is 18.6 Å². The molecule has 0 aromatic rings. The van der Waals surface area contributed by atoms with Crippen molar-refractivity contribution in [2.45, 2.75) is 141 Å². The summed E-state index contributed by atoms with van der Waals surface area (Å²) < 4.78 is 29.6. The zero-order valence-electron chi connectivity index (χ0n) is 26.7. The van der Waals surface area contributed by atoms with Crippen LogP contribution in [0.3, 0.4) is 0 Å². The van der Waals surface area contributed by atoms with E-state index in [9.17, 15) is 24.2 Å². The average Bonchev–Trinajstić information content (AvgIpc) is 3.48. The Morgan fingerprint density at radius 3 is 2.14 bits per heavy atom. The first-order valence-electron chi connectivity index (χ1n) is 15.9. The van der Waals surface area contributed by atoms with Gasteiger partial charge in [0.15, 0.2) is 0 Å². The lowest BCUT2D eigenvalue weighted by atomic mass is 10.0. The molecule has 2 heterocycles. The average molecular weight is 637 g/mol. The van der Waals surface area contributed by atoms with Crippen molar-refractivity contribution in [3.8, 4) is 0 Å². The molecule has 0 aromatic carbocycles. The molecule has 0 saturated carbocycles. The van der Waals surface area contributed by atoms with Crippen molar-refractivity contribution in [3.63, 3.8) is 0 Å². The molecule has 1 unspecified atom stereocenters. The first kappa shape index (κ1) is 37.5. The molecule has 0 spiro atoms. The predicted molar refractivity (Wildman–Crippen MR) is 167 cm³/mol. The molecule has 0 bridgehead atoms. The van der Waals surface area contributed by atoms with E-state index in [1.54, 1.807) is 9.80 Å². The molecule has 12 heteroatoms. The normalized spacial score (nSPS) is 24.4. The number of phosphoric ester groups is 1. The van der Waals surface area contributed by atoms with Gasteiger partial charge in [0.1, 0.15) is 0 Å². The lowest BCUT2D eigenvalue weighted by Crippen LogP contribution is -2.39. The van der Waals surface area contributed by atoms with Crippen LogP contribution in [-0.2, 0) is 27.9 Å². The Labute approximate surface area is 258 Å². The molecular weight excluding hydrogens is 579 g/mol. The Hall–Kier alpha value is -0.680. The number of aliphatic hydroxyl groups excluding tert-OH is 1. The molecule has 2 rings (SSSR count). The van der Waals surface area contributed by atoms with E-state index in [0.717, 1.165) is 37.9 Å². The van der Waals surface area contributed by atoms with Gasteiger partial charge in [0.25, 0.3) is 0 Å². The maximum atomic E-state index is 13.0. The Balaban J connectivity index is 1.86. The molecule has 5 atom stereocenters.